The Morgan fingerprint density at radius 2 is 1.68 bits per heavy atom. The van der Waals surface area contributed by atoms with Crippen molar-refractivity contribution in [2.45, 2.75) is 25.6 Å². The molecule has 0 bridgehead atoms. The average molecular weight is 411 g/mol. The summed E-state index contributed by atoms with van der Waals surface area (Å²) in [6, 6.07) is 8.29. The van der Waals surface area contributed by atoms with Gasteiger partial charge in [-0.2, -0.15) is 0 Å². The van der Waals surface area contributed by atoms with Crippen molar-refractivity contribution in [3.8, 4) is 22.6 Å². The summed E-state index contributed by atoms with van der Waals surface area (Å²) in [5, 5.41) is 0. The second-order valence-electron chi connectivity index (χ2n) is 6.60. The van der Waals surface area contributed by atoms with Crippen molar-refractivity contribution < 1.29 is 23.3 Å². The van der Waals surface area contributed by atoms with Crippen molar-refractivity contribution in [2.24, 2.45) is 0 Å². The third-order valence-corrected chi connectivity index (χ3v) is 4.67. The highest BCUT2D eigenvalue weighted by Gasteiger charge is 2.22. The van der Waals surface area contributed by atoms with E-state index in [9.17, 15) is 4.39 Å². The summed E-state index contributed by atoms with van der Waals surface area (Å²) in [7, 11) is 3.24. The van der Waals surface area contributed by atoms with Crippen molar-refractivity contribution >= 4 is 11.6 Å². The summed E-state index contributed by atoms with van der Waals surface area (Å²) in [5.41, 5.74) is 3.69. The minimum absolute atomic E-state index is 0.244. The summed E-state index contributed by atoms with van der Waals surface area (Å²) in [5.74, 6) is 1.47. The lowest BCUT2D eigenvalue weighted by Gasteiger charge is -2.23. The van der Waals surface area contributed by atoms with Gasteiger partial charge in [-0.3, -0.25) is 0 Å². The maximum atomic E-state index is 13.5. The van der Waals surface area contributed by atoms with Gasteiger partial charge in [0.1, 0.15) is 12.4 Å². The molecule has 0 spiro atoms. The normalized spacial score (nSPS) is 11.1. The van der Waals surface area contributed by atoms with Crippen molar-refractivity contribution in [1.29, 1.82) is 0 Å². The van der Waals surface area contributed by atoms with Gasteiger partial charge >= 0.3 is 0 Å². The molecule has 0 aliphatic carbocycles. The van der Waals surface area contributed by atoms with Crippen LogP contribution in [0.1, 0.15) is 30.9 Å². The smallest absolute Gasteiger partial charge is 0.169 e. The van der Waals surface area contributed by atoms with E-state index in [-0.39, 0.29) is 11.7 Å². The summed E-state index contributed by atoms with van der Waals surface area (Å²) in [6.07, 6.45) is 0. The van der Waals surface area contributed by atoms with E-state index in [2.05, 4.69) is 13.8 Å². The third kappa shape index (κ3) is 5.60. The second-order valence-corrected chi connectivity index (χ2v) is 6.87. The van der Waals surface area contributed by atoms with Crippen LogP contribution < -0.4 is 9.47 Å². The van der Waals surface area contributed by atoms with Gasteiger partial charge in [0, 0.05) is 18.6 Å². The first kappa shape index (κ1) is 22.5. The van der Waals surface area contributed by atoms with Gasteiger partial charge in [0.05, 0.1) is 26.9 Å². The Morgan fingerprint density at radius 1 is 1.00 bits per heavy atom. The van der Waals surface area contributed by atoms with Gasteiger partial charge in [0.15, 0.2) is 11.5 Å². The van der Waals surface area contributed by atoms with Gasteiger partial charge in [-0.1, -0.05) is 26.0 Å². The van der Waals surface area contributed by atoms with Crippen molar-refractivity contribution in [2.75, 3.05) is 40.6 Å². The molecule has 0 aliphatic rings. The molecule has 2 aromatic rings. The molecule has 0 saturated heterocycles. The standard InChI is InChI=1S/C22H28ClFO4/c1-15(2)18-13-20(26-4)22(28-12-11-27-10-9-25-3)21(19(18)14-23)16-5-7-17(24)8-6-16/h5-8,13,15H,9-12,14H2,1-4H3. The van der Waals surface area contributed by atoms with Gasteiger partial charge in [-0.05, 0) is 40.8 Å². The Balaban J connectivity index is 2.46. The molecular weight excluding hydrogens is 383 g/mol. The van der Waals surface area contributed by atoms with Crippen molar-refractivity contribution in [3.05, 3.63) is 47.3 Å². The SMILES string of the molecule is COCCOCCOc1c(OC)cc(C(C)C)c(CCl)c1-c1ccc(F)cc1. The summed E-state index contributed by atoms with van der Waals surface area (Å²) < 4.78 is 35.6. The summed E-state index contributed by atoms with van der Waals surface area (Å²) in [6.45, 7) is 5.99. The first-order valence-electron chi connectivity index (χ1n) is 9.28. The fraction of sp³-hybridized carbons (Fsp3) is 0.455. The van der Waals surface area contributed by atoms with E-state index in [1.54, 1.807) is 26.4 Å². The Labute approximate surface area is 171 Å². The van der Waals surface area contributed by atoms with Crippen LogP contribution in [0.3, 0.4) is 0 Å². The minimum atomic E-state index is -0.294. The van der Waals surface area contributed by atoms with Crippen LogP contribution in [0.5, 0.6) is 11.5 Å². The van der Waals surface area contributed by atoms with Gasteiger partial charge in [-0.15, -0.1) is 11.6 Å². The van der Waals surface area contributed by atoms with E-state index in [1.165, 1.54) is 12.1 Å². The van der Waals surface area contributed by atoms with Crippen LogP contribution in [0.4, 0.5) is 4.39 Å². The zero-order chi connectivity index (χ0) is 20.5. The van der Waals surface area contributed by atoms with Crippen LogP contribution in [0.15, 0.2) is 30.3 Å². The first-order chi connectivity index (χ1) is 13.5. The third-order valence-electron chi connectivity index (χ3n) is 4.40. The Hall–Kier alpha value is -1.82. The van der Waals surface area contributed by atoms with Gasteiger partial charge in [0.25, 0.3) is 0 Å². The number of alkyl halides is 1. The highest BCUT2D eigenvalue weighted by molar-refractivity contribution is 6.17. The molecule has 4 nitrogen and oxygen atoms in total. The molecule has 0 saturated carbocycles. The van der Waals surface area contributed by atoms with Gasteiger partial charge in [-0.25, -0.2) is 4.39 Å². The Morgan fingerprint density at radius 3 is 2.25 bits per heavy atom. The fourth-order valence-corrected chi connectivity index (χ4v) is 3.31. The van der Waals surface area contributed by atoms with Crippen LogP contribution in [-0.2, 0) is 15.4 Å². The van der Waals surface area contributed by atoms with Crippen LogP contribution >= 0.6 is 11.6 Å². The van der Waals surface area contributed by atoms with E-state index < -0.39 is 0 Å². The van der Waals surface area contributed by atoms with E-state index >= 15 is 0 Å². The topological polar surface area (TPSA) is 36.9 Å². The highest BCUT2D eigenvalue weighted by Crippen LogP contribution is 2.45. The maximum Gasteiger partial charge on any atom is 0.169 e. The molecule has 0 radical (unpaired) electrons. The lowest BCUT2D eigenvalue weighted by atomic mass is 9.89. The highest BCUT2D eigenvalue weighted by atomic mass is 35.5. The number of methoxy groups -OCH3 is 2. The molecule has 6 heteroatoms. The first-order valence-corrected chi connectivity index (χ1v) is 9.82. The van der Waals surface area contributed by atoms with Gasteiger partial charge < -0.3 is 18.9 Å². The number of hydrogen-bond donors (Lipinski definition) is 0. The predicted molar refractivity (Wildman–Crippen MR) is 110 cm³/mol. The van der Waals surface area contributed by atoms with Crippen molar-refractivity contribution in [3.63, 3.8) is 0 Å². The number of hydrogen-bond acceptors (Lipinski definition) is 4. The Bertz CT molecular complexity index is 747. The quantitative estimate of drug-likeness (QED) is 0.367. The zero-order valence-electron chi connectivity index (χ0n) is 16.9. The molecule has 2 aromatic carbocycles. The second kappa shape index (κ2) is 11.2. The molecule has 0 heterocycles. The molecule has 0 fully saturated rings. The molecule has 0 atom stereocenters. The van der Waals surface area contributed by atoms with Crippen LogP contribution in [-0.4, -0.2) is 40.6 Å². The number of halogens is 2. The molecule has 154 valence electrons. The maximum absolute atomic E-state index is 13.5. The van der Waals surface area contributed by atoms with Gasteiger partial charge in [0.2, 0.25) is 0 Å². The van der Waals surface area contributed by atoms with Crippen LogP contribution in [0, 0.1) is 5.82 Å². The summed E-state index contributed by atoms with van der Waals surface area (Å²) in [4.78, 5) is 0. The van der Waals surface area contributed by atoms with E-state index in [4.69, 9.17) is 30.5 Å². The largest absolute Gasteiger partial charge is 0.493 e. The lowest BCUT2D eigenvalue weighted by Crippen LogP contribution is -2.12. The minimum Gasteiger partial charge on any atom is -0.493 e. The average Bonchev–Trinajstić information content (AvgIpc) is 2.70. The molecule has 0 aliphatic heterocycles. The lowest BCUT2D eigenvalue weighted by molar-refractivity contribution is 0.0541. The fourth-order valence-electron chi connectivity index (χ4n) is 3.02. The predicted octanol–water partition coefficient (Wildman–Crippen LogP) is 5.41. The van der Waals surface area contributed by atoms with Crippen LogP contribution in [0.25, 0.3) is 11.1 Å². The summed E-state index contributed by atoms with van der Waals surface area (Å²) >= 11 is 6.34. The van der Waals surface area contributed by atoms with E-state index in [0.29, 0.717) is 43.8 Å². The molecule has 0 aromatic heterocycles. The molecule has 0 N–H and O–H groups in total. The number of rotatable bonds is 11. The monoisotopic (exact) mass is 410 g/mol. The van der Waals surface area contributed by atoms with Crippen LogP contribution in [0.2, 0.25) is 0 Å². The molecule has 0 amide bonds. The zero-order valence-corrected chi connectivity index (χ0v) is 17.6. The number of benzene rings is 2. The molecule has 28 heavy (non-hydrogen) atoms. The molecular formula is C22H28ClFO4. The van der Waals surface area contributed by atoms with E-state index in [1.807, 2.05) is 6.07 Å². The number of ether oxygens (including phenoxy) is 4. The Kier molecular flexibility index (Phi) is 9.03. The van der Waals surface area contributed by atoms with Crippen molar-refractivity contribution in [1.82, 2.24) is 0 Å². The molecule has 2 rings (SSSR count). The van der Waals surface area contributed by atoms with E-state index in [0.717, 1.165) is 22.3 Å². The molecule has 0 unspecified atom stereocenters.